The SMILES string of the molecule is Cc1cc2nc(C(C)(C)C)cc(Cl)n2n1. The number of rotatable bonds is 0. The van der Waals surface area contributed by atoms with Crippen LogP contribution in [0.25, 0.3) is 5.65 Å². The van der Waals surface area contributed by atoms with Crippen LogP contribution in [0.1, 0.15) is 32.2 Å². The fourth-order valence-corrected chi connectivity index (χ4v) is 1.66. The Hall–Kier alpha value is -1.09. The molecule has 0 saturated carbocycles. The van der Waals surface area contributed by atoms with Crippen LogP contribution in [0.3, 0.4) is 0 Å². The summed E-state index contributed by atoms with van der Waals surface area (Å²) < 4.78 is 1.66. The van der Waals surface area contributed by atoms with E-state index in [4.69, 9.17) is 11.6 Å². The first-order valence-electron chi connectivity index (χ1n) is 4.91. The summed E-state index contributed by atoms with van der Waals surface area (Å²) in [6.45, 7) is 8.28. The number of hydrogen-bond acceptors (Lipinski definition) is 2. The summed E-state index contributed by atoms with van der Waals surface area (Å²) in [4.78, 5) is 4.54. The number of fused-ring (bicyclic) bond motifs is 1. The molecule has 0 radical (unpaired) electrons. The molecule has 0 saturated heterocycles. The van der Waals surface area contributed by atoms with Crippen molar-refractivity contribution in [2.75, 3.05) is 0 Å². The van der Waals surface area contributed by atoms with Crippen LogP contribution in [0.2, 0.25) is 5.15 Å². The molecule has 0 bridgehead atoms. The molecule has 2 rings (SSSR count). The standard InChI is InChI=1S/C11H14ClN3/c1-7-5-10-13-8(11(2,3)4)6-9(12)15(10)14-7/h5-6H,1-4H3. The van der Waals surface area contributed by atoms with Crippen LogP contribution in [-0.4, -0.2) is 14.6 Å². The third kappa shape index (κ3) is 1.84. The smallest absolute Gasteiger partial charge is 0.157 e. The fraction of sp³-hybridized carbons (Fsp3) is 0.455. The predicted molar refractivity (Wildman–Crippen MR) is 61.4 cm³/mol. The molecule has 80 valence electrons. The minimum absolute atomic E-state index is 0.00354. The van der Waals surface area contributed by atoms with E-state index < -0.39 is 0 Å². The second-order valence-electron chi connectivity index (χ2n) is 4.77. The number of halogens is 1. The van der Waals surface area contributed by atoms with E-state index in [0.717, 1.165) is 17.0 Å². The van der Waals surface area contributed by atoms with Crippen LogP contribution in [0.15, 0.2) is 12.1 Å². The molecule has 0 amide bonds. The Bertz CT molecular complexity index is 508. The average Bonchev–Trinajstić information content (AvgIpc) is 2.44. The molecule has 2 heterocycles. The molecule has 0 N–H and O–H groups in total. The van der Waals surface area contributed by atoms with E-state index in [-0.39, 0.29) is 5.41 Å². The van der Waals surface area contributed by atoms with Crippen LogP contribution in [0.4, 0.5) is 0 Å². The molecule has 3 nitrogen and oxygen atoms in total. The normalized spacial score (nSPS) is 12.3. The Kier molecular flexibility index (Phi) is 2.23. The molecular formula is C11H14ClN3. The van der Waals surface area contributed by atoms with Gasteiger partial charge in [0.1, 0.15) is 5.15 Å². The lowest BCUT2D eigenvalue weighted by Crippen LogP contribution is -2.14. The highest BCUT2D eigenvalue weighted by Gasteiger charge is 2.18. The highest BCUT2D eigenvalue weighted by molar-refractivity contribution is 6.29. The molecule has 0 aliphatic carbocycles. The number of nitrogens with zero attached hydrogens (tertiary/aromatic N) is 3. The van der Waals surface area contributed by atoms with Gasteiger partial charge < -0.3 is 0 Å². The quantitative estimate of drug-likeness (QED) is 0.643. The Morgan fingerprint density at radius 3 is 2.53 bits per heavy atom. The van der Waals surface area contributed by atoms with Gasteiger partial charge in [0.15, 0.2) is 5.65 Å². The second kappa shape index (κ2) is 3.20. The van der Waals surface area contributed by atoms with Crippen molar-refractivity contribution in [1.82, 2.24) is 14.6 Å². The molecular weight excluding hydrogens is 210 g/mol. The average molecular weight is 224 g/mol. The largest absolute Gasteiger partial charge is 0.233 e. The van der Waals surface area contributed by atoms with Gasteiger partial charge in [0.25, 0.3) is 0 Å². The lowest BCUT2D eigenvalue weighted by atomic mass is 9.92. The summed E-state index contributed by atoms with van der Waals surface area (Å²) in [5.41, 5.74) is 2.73. The van der Waals surface area contributed by atoms with Crippen LogP contribution >= 0.6 is 11.6 Å². The van der Waals surface area contributed by atoms with Gasteiger partial charge in [-0.15, -0.1) is 0 Å². The summed E-state index contributed by atoms with van der Waals surface area (Å²) >= 11 is 6.14. The van der Waals surface area contributed by atoms with Gasteiger partial charge in [-0.1, -0.05) is 32.4 Å². The van der Waals surface area contributed by atoms with Gasteiger partial charge in [0, 0.05) is 11.5 Å². The molecule has 0 unspecified atom stereocenters. The molecule has 0 atom stereocenters. The number of aromatic nitrogens is 3. The van der Waals surface area contributed by atoms with Gasteiger partial charge in [0.05, 0.1) is 11.4 Å². The number of hydrogen-bond donors (Lipinski definition) is 0. The topological polar surface area (TPSA) is 30.2 Å². The highest BCUT2D eigenvalue weighted by atomic mass is 35.5. The van der Waals surface area contributed by atoms with Crippen molar-refractivity contribution in [1.29, 1.82) is 0 Å². The van der Waals surface area contributed by atoms with E-state index in [9.17, 15) is 0 Å². The van der Waals surface area contributed by atoms with E-state index in [2.05, 4.69) is 30.9 Å². The fourth-order valence-electron chi connectivity index (χ4n) is 1.44. The first-order chi connectivity index (χ1) is 6.88. The van der Waals surface area contributed by atoms with Gasteiger partial charge in [-0.25, -0.2) is 9.50 Å². The number of aryl methyl sites for hydroxylation is 1. The van der Waals surface area contributed by atoms with Gasteiger partial charge in [-0.2, -0.15) is 5.10 Å². The van der Waals surface area contributed by atoms with E-state index >= 15 is 0 Å². The van der Waals surface area contributed by atoms with Gasteiger partial charge in [0.2, 0.25) is 0 Å². The lowest BCUT2D eigenvalue weighted by Gasteiger charge is -2.17. The Balaban J connectivity index is 2.72. The van der Waals surface area contributed by atoms with Gasteiger partial charge in [-0.05, 0) is 13.0 Å². The molecule has 0 aliphatic rings. The van der Waals surface area contributed by atoms with E-state index in [1.54, 1.807) is 4.52 Å². The molecule has 0 fully saturated rings. The Morgan fingerprint density at radius 1 is 1.27 bits per heavy atom. The summed E-state index contributed by atoms with van der Waals surface area (Å²) in [7, 11) is 0. The summed E-state index contributed by atoms with van der Waals surface area (Å²) in [6.07, 6.45) is 0. The second-order valence-corrected chi connectivity index (χ2v) is 5.16. The van der Waals surface area contributed by atoms with Crippen LogP contribution in [0.5, 0.6) is 0 Å². The Morgan fingerprint density at radius 2 is 1.93 bits per heavy atom. The minimum atomic E-state index is 0.00354. The van der Waals surface area contributed by atoms with Crippen molar-refractivity contribution in [2.45, 2.75) is 33.1 Å². The van der Waals surface area contributed by atoms with E-state index in [1.807, 2.05) is 19.1 Å². The zero-order valence-corrected chi connectivity index (χ0v) is 10.1. The van der Waals surface area contributed by atoms with Crippen molar-refractivity contribution in [3.63, 3.8) is 0 Å². The highest BCUT2D eigenvalue weighted by Crippen LogP contribution is 2.24. The Labute approximate surface area is 94.1 Å². The maximum absolute atomic E-state index is 6.14. The minimum Gasteiger partial charge on any atom is -0.233 e. The van der Waals surface area contributed by atoms with Crippen LogP contribution < -0.4 is 0 Å². The molecule has 2 aromatic heterocycles. The van der Waals surface area contributed by atoms with Gasteiger partial charge >= 0.3 is 0 Å². The molecule has 2 aromatic rings. The van der Waals surface area contributed by atoms with Crippen LogP contribution in [-0.2, 0) is 5.41 Å². The van der Waals surface area contributed by atoms with E-state index in [0.29, 0.717) is 5.15 Å². The van der Waals surface area contributed by atoms with Crippen molar-refractivity contribution in [3.8, 4) is 0 Å². The molecule has 0 aliphatic heterocycles. The van der Waals surface area contributed by atoms with Crippen molar-refractivity contribution in [2.24, 2.45) is 0 Å². The molecule has 4 heteroatoms. The first-order valence-corrected chi connectivity index (χ1v) is 5.29. The predicted octanol–water partition coefficient (Wildman–Crippen LogP) is 2.99. The van der Waals surface area contributed by atoms with Crippen LogP contribution in [0, 0.1) is 6.92 Å². The van der Waals surface area contributed by atoms with E-state index in [1.165, 1.54) is 0 Å². The third-order valence-electron chi connectivity index (χ3n) is 2.27. The third-order valence-corrected chi connectivity index (χ3v) is 2.54. The monoisotopic (exact) mass is 223 g/mol. The zero-order chi connectivity index (χ0) is 11.2. The van der Waals surface area contributed by atoms with Crippen molar-refractivity contribution >= 4 is 17.2 Å². The summed E-state index contributed by atoms with van der Waals surface area (Å²) in [5.74, 6) is 0. The van der Waals surface area contributed by atoms with Gasteiger partial charge in [-0.3, -0.25) is 0 Å². The van der Waals surface area contributed by atoms with Crippen molar-refractivity contribution in [3.05, 3.63) is 28.7 Å². The van der Waals surface area contributed by atoms with Crippen molar-refractivity contribution < 1.29 is 0 Å². The molecule has 0 aromatic carbocycles. The summed E-state index contributed by atoms with van der Waals surface area (Å²) in [6, 6.07) is 3.81. The lowest BCUT2D eigenvalue weighted by molar-refractivity contribution is 0.568. The zero-order valence-electron chi connectivity index (χ0n) is 9.37. The maximum atomic E-state index is 6.14. The summed E-state index contributed by atoms with van der Waals surface area (Å²) in [5, 5.41) is 4.87. The molecule has 15 heavy (non-hydrogen) atoms. The maximum Gasteiger partial charge on any atom is 0.157 e. The molecule has 0 spiro atoms. The first kappa shape index (κ1) is 10.4.